The summed E-state index contributed by atoms with van der Waals surface area (Å²) in [5.74, 6) is 0. The second-order valence-corrected chi connectivity index (χ2v) is 6.24. The van der Waals surface area contributed by atoms with Gasteiger partial charge in [-0.15, -0.1) is 0 Å². The van der Waals surface area contributed by atoms with E-state index in [0.717, 1.165) is 22.5 Å². The summed E-state index contributed by atoms with van der Waals surface area (Å²) in [5, 5.41) is 8.19. The molecule has 0 aliphatic heterocycles. The topological polar surface area (TPSA) is 28.7 Å². The molecule has 1 heterocycles. The number of H-pyrrole nitrogens is 1. The molecule has 22 heavy (non-hydrogen) atoms. The van der Waals surface area contributed by atoms with Crippen molar-refractivity contribution in [1.29, 1.82) is 0 Å². The van der Waals surface area contributed by atoms with Gasteiger partial charge in [0.1, 0.15) is 5.69 Å². The molecule has 0 spiro atoms. The molecule has 0 aliphatic rings. The van der Waals surface area contributed by atoms with Crippen molar-refractivity contribution in [2.45, 2.75) is 27.7 Å². The molecule has 3 aromatic rings. The number of hydrogen-bond donors (Lipinski definition) is 1. The van der Waals surface area contributed by atoms with Gasteiger partial charge in [0.2, 0.25) is 0 Å². The molecule has 0 aliphatic carbocycles. The summed E-state index contributed by atoms with van der Waals surface area (Å²) in [4.78, 5) is 0. The average Bonchev–Trinajstić information content (AvgIpc) is 2.87. The number of aryl methyl sites for hydroxylation is 4. The predicted octanol–water partition coefficient (Wildman–Crippen LogP) is 5.63. The number of aromatic nitrogens is 2. The Bertz CT molecular complexity index is 778. The second kappa shape index (κ2) is 5.62. The Morgan fingerprint density at radius 2 is 1.32 bits per heavy atom. The number of nitrogens with zero attached hydrogens (tertiary/aromatic N) is 1. The lowest BCUT2D eigenvalue weighted by Crippen LogP contribution is -1.85. The molecular weight excluding hydrogens is 292 g/mol. The largest absolute Gasteiger partial charge is 0.276 e. The van der Waals surface area contributed by atoms with Gasteiger partial charge in [0, 0.05) is 11.1 Å². The molecule has 0 bridgehead atoms. The van der Waals surface area contributed by atoms with Crippen LogP contribution in [0.1, 0.15) is 22.3 Å². The molecule has 2 aromatic carbocycles. The first-order valence-electron chi connectivity index (χ1n) is 7.36. The third-order valence-corrected chi connectivity index (χ3v) is 4.65. The van der Waals surface area contributed by atoms with Crippen LogP contribution in [0.25, 0.3) is 22.5 Å². The van der Waals surface area contributed by atoms with Crippen LogP contribution in [0.5, 0.6) is 0 Å². The Labute approximate surface area is 136 Å². The maximum atomic E-state index is 6.58. The van der Waals surface area contributed by atoms with E-state index in [2.05, 4.69) is 74.3 Å². The van der Waals surface area contributed by atoms with Crippen molar-refractivity contribution >= 4 is 11.6 Å². The van der Waals surface area contributed by atoms with Crippen LogP contribution in [0, 0.1) is 27.7 Å². The van der Waals surface area contributed by atoms with Crippen LogP contribution in [0.4, 0.5) is 0 Å². The van der Waals surface area contributed by atoms with Crippen molar-refractivity contribution in [2.24, 2.45) is 0 Å². The lowest BCUT2D eigenvalue weighted by Gasteiger charge is -2.05. The van der Waals surface area contributed by atoms with Crippen LogP contribution in [-0.4, -0.2) is 10.2 Å². The van der Waals surface area contributed by atoms with E-state index in [4.69, 9.17) is 11.6 Å². The molecule has 1 N–H and O–H groups in total. The normalized spacial score (nSPS) is 11.0. The number of hydrogen-bond acceptors (Lipinski definition) is 1. The second-order valence-electron chi connectivity index (χ2n) is 5.86. The predicted molar refractivity (Wildman–Crippen MR) is 93.4 cm³/mol. The van der Waals surface area contributed by atoms with Crippen LogP contribution in [0.3, 0.4) is 0 Å². The first-order chi connectivity index (χ1) is 10.5. The fourth-order valence-electron chi connectivity index (χ4n) is 2.50. The summed E-state index contributed by atoms with van der Waals surface area (Å²) in [6, 6.07) is 12.6. The number of benzene rings is 2. The summed E-state index contributed by atoms with van der Waals surface area (Å²) in [5.41, 5.74) is 8.81. The minimum absolute atomic E-state index is 0.673. The van der Waals surface area contributed by atoms with E-state index in [1.54, 1.807) is 0 Å². The summed E-state index contributed by atoms with van der Waals surface area (Å²) >= 11 is 6.58. The highest BCUT2D eigenvalue weighted by Crippen LogP contribution is 2.35. The SMILES string of the molecule is Cc1ccc(-c2n[nH]c(-c3ccc(C)c(C)c3)c2Cl)cc1C. The minimum Gasteiger partial charge on any atom is -0.276 e. The van der Waals surface area contributed by atoms with Gasteiger partial charge in [0.25, 0.3) is 0 Å². The molecule has 0 fully saturated rings. The highest BCUT2D eigenvalue weighted by Gasteiger charge is 2.15. The maximum absolute atomic E-state index is 6.58. The Kier molecular flexibility index (Phi) is 3.79. The summed E-state index contributed by atoms with van der Waals surface area (Å²) in [6.45, 7) is 8.41. The highest BCUT2D eigenvalue weighted by atomic mass is 35.5. The molecule has 0 amide bonds. The number of aromatic amines is 1. The smallest absolute Gasteiger partial charge is 0.111 e. The van der Waals surface area contributed by atoms with Gasteiger partial charge in [-0.2, -0.15) is 5.10 Å². The van der Waals surface area contributed by atoms with E-state index in [0.29, 0.717) is 5.02 Å². The molecule has 3 rings (SSSR count). The first-order valence-corrected chi connectivity index (χ1v) is 7.74. The molecular formula is C19H19ClN2. The summed E-state index contributed by atoms with van der Waals surface area (Å²) in [7, 11) is 0. The van der Waals surface area contributed by atoms with Crippen LogP contribution in [0.15, 0.2) is 36.4 Å². The van der Waals surface area contributed by atoms with E-state index < -0.39 is 0 Å². The van der Waals surface area contributed by atoms with Gasteiger partial charge in [0.15, 0.2) is 0 Å². The van der Waals surface area contributed by atoms with E-state index in [9.17, 15) is 0 Å². The van der Waals surface area contributed by atoms with E-state index >= 15 is 0 Å². The van der Waals surface area contributed by atoms with Gasteiger partial charge in [-0.05, 0) is 62.1 Å². The van der Waals surface area contributed by atoms with Gasteiger partial charge in [-0.25, -0.2) is 0 Å². The zero-order chi connectivity index (χ0) is 15.9. The number of halogens is 1. The number of nitrogens with one attached hydrogen (secondary N) is 1. The first kappa shape index (κ1) is 14.9. The molecule has 0 atom stereocenters. The molecule has 2 nitrogen and oxygen atoms in total. The van der Waals surface area contributed by atoms with Crippen molar-refractivity contribution in [2.75, 3.05) is 0 Å². The number of rotatable bonds is 2. The van der Waals surface area contributed by atoms with E-state index in [1.165, 1.54) is 22.3 Å². The Balaban J connectivity index is 2.08. The van der Waals surface area contributed by atoms with Crippen LogP contribution >= 0.6 is 11.6 Å². The Morgan fingerprint density at radius 1 is 0.773 bits per heavy atom. The van der Waals surface area contributed by atoms with Crippen molar-refractivity contribution in [1.82, 2.24) is 10.2 Å². The quantitative estimate of drug-likeness (QED) is 0.652. The lowest BCUT2D eigenvalue weighted by molar-refractivity contribution is 1.10. The van der Waals surface area contributed by atoms with Crippen molar-refractivity contribution in [3.05, 3.63) is 63.7 Å². The molecule has 0 saturated heterocycles. The van der Waals surface area contributed by atoms with Crippen molar-refractivity contribution < 1.29 is 0 Å². The van der Waals surface area contributed by atoms with Gasteiger partial charge in [-0.1, -0.05) is 35.9 Å². The fourth-order valence-corrected chi connectivity index (χ4v) is 2.80. The van der Waals surface area contributed by atoms with Crippen LogP contribution in [-0.2, 0) is 0 Å². The minimum atomic E-state index is 0.673. The molecule has 0 saturated carbocycles. The van der Waals surface area contributed by atoms with Gasteiger partial charge < -0.3 is 0 Å². The molecule has 112 valence electrons. The third kappa shape index (κ3) is 2.55. The lowest BCUT2D eigenvalue weighted by atomic mass is 10.0. The molecule has 1 aromatic heterocycles. The van der Waals surface area contributed by atoms with Crippen molar-refractivity contribution in [3.8, 4) is 22.5 Å². The fraction of sp³-hybridized carbons (Fsp3) is 0.211. The Morgan fingerprint density at radius 3 is 1.91 bits per heavy atom. The average molecular weight is 311 g/mol. The van der Waals surface area contributed by atoms with Crippen LogP contribution in [0.2, 0.25) is 5.02 Å². The zero-order valence-corrected chi connectivity index (χ0v) is 14.0. The standard InChI is InChI=1S/C19H19ClN2/c1-11-5-7-15(9-13(11)3)18-17(20)19(22-21-18)16-8-6-12(2)14(4)10-16/h5-10H,1-4H3,(H,21,22). The summed E-state index contributed by atoms with van der Waals surface area (Å²) < 4.78 is 0. The van der Waals surface area contributed by atoms with E-state index in [1.807, 2.05) is 0 Å². The molecule has 0 radical (unpaired) electrons. The zero-order valence-electron chi connectivity index (χ0n) is 13.3. The summed E-state index contributed by atoms with van der Waals surface area (Å²) in [6.07, 6.45) is 0. The monoisotopic (exact) mass is 310 g/mol. The Hall–Kier alpha value is -2.06. The van der Waals surface area contributed by atoms with Gasteiger partial charge >= 0.3 is 0 Å². The van der Waals surface area contributed by atoms with Gasteiger partial charge in [-0.3, -0.25) is 5.10 Å². The maximum Gasteiger partial charge on any atom is 0.111 e. The highest BCUT2D eigenvalue weighted by molar-refractivity contribution is 6.35. The third-order valence-electron chi connectivity index (χ3n) is 4.28. The van der Waals surface area contributed by atoms with E-state index in [-0.39, 0.29) is 0 Å². The molecule has 0 unspecified atom stereocenters. The van der Waals surface area contributed by atoms with Crippen LogP contribution < -0.4 is 0 Å². The molecule has 3 heteroatoms. The van der Waals surface area contributed by atoms with Gasteiger partial charge in [0.05, 0.1) is 10.7 Å². The van der Waals surface area contributed by atoms with Crippen molar-refractivity contribution in [3.63, 3.8) is 0 Å².